The first-order valence-electron chi connectivity index (χ1n) is 6.32. The molecule has 0 bridgehead atoms. The van der Waals surface area contributed by atoms with Crippen molar-refractivity contribution < 1.29 is 8.83 Å². The third-order valence-electron chi connectivity index (χ3n) is 3.43. The van der Waals surface area contributed by atoms with Crippen LogP contribution in [0.2, 0.25) is 0 Å². The van der Waals surface area contributed by atoms with E-state index in [1.807, 2.05) is 48.5 Å². The molecule has 2 heterocycles. The molecule has 0 unspecified atom stereocenters. The molecule has 96 valence electrons. The molecule has 0 aliphatic carbocycles. The van der Waals surface area contributed by atoms with E-state index < -0.39 is 0 Å². The summed E-state index contributed by atoms with van der Waals surface area (Å²) < 4.78 is 10.7. The van der Waals surface area contributed by atoms with Crippen molar-refractivity contribution in [2.24, 2.45) is 0 Å². The molecule has 0 aliphatic heterocycles. The molecule has 0 fully saturated rings. The predicted molar refractivity (Wildman–Crippen MR) is 77.7 cm³/mol. The van der Waals surface area contributed by atoms with E-state index in [9.17, 15) is 4.79 Å². The van der Waals surface area contributed by atoms with E-state index in [0.29, 0.717) is 11.2 Å². The molecule has 4 aromatic rings. The molecule has 0 aliphatic rings. The predicted octanol–water partition coefficient (Wildman–Crippen LogP) is 4.21. The summed E-state index contributed by atoms with van der Waals surface area (Å²) in [5.74, 6) is 0. The molecular weight excluding hydrogens is 252 g/mol. The fourth-order valence-electron chi connectivity index (χ4n) is 2.52. The molecule has 0 saturated heterocycles. The van der Waals surface area contributed by atoms with Crippen LogP contribution in [-0.4, -0.2) is 0 Å². The van der Waals surface area contributed by atoms with Crippen molar-refractivity contribution in [3.63, 3.8) is 0 Å². The number of rotatable bonds is 1. The molecule has 2 aromatic heterocycles. The van der Waals surface area contributed by atoms with Crippen molar-refractivity contribution in [2.45, 2.75) is 0 Å². The van der Waals surface area contributed by atoms with Crippen molar-refractivity contribution in [1.29, 1.82) is 0 Å². The van der Waals surface area contributed by atoms with Crippen LogP contribution >= 0.6 is 0 Å². The first-order chi connectivity index (χ1) is 9.83. The Morgan fingerprint density at radius 2 is 1.70 bits per heavy atom. The topological polar surface area (TPSA) is 43.4 Å². The molecule has 0 spiro atoms. The lowest BCUT2D eigenvalue weighted by molar-refractivity contribution is 0.564. The van der Waals surface area contributed by atoms with Gasteiger partial charge in [-0.15, -0.1) is 0 Å². The van der Waals surface area contributed by atoms with E-state index in [-0.39, 0.29) is 5.63 Å². The van der Waals surface area contributed by atoms with Crippen molar-refractivity contribution in [3.8, 4) is 11.1 Å². The van der Waals surface area contributed by atoms with E-state index in [1.165, 1.54) is 6.07 Å². The quantitative estimate of drug-likeness (QED) is 0.483. The highest BCUT2D eigenvalue weighted by atomic mass is 16.4. The number of furan rings is 1. The van der Waals surface area contributed by atoms with Crippen LogP contribution in [-0.2, 0) is 0 Å². The molecule has 0 radical (unpaired) electrons. The molecule has 0 N–H and O–H groups in total. The van der Waals surface area contributed by atoms with Gasteiger partial charge in [0.15, 0.2) is 0 Å². The lowest BCUT2D eigenvalue weighted by Crippen LogP contribution is -1.98. The van der Waals surface area contributed by atoms with Crippen LogP contribution in [0.1, 0.15) is 0 Å². The van der Waals surface area contributed by atoms with Crippen LogP contribution in [0, 0.1) is 0 Å². The highest BCUT2D eigenvalue weighted by molar-refractivity contribution is 6.07. The smallest absolute Gasteiger partial charge is 0.336 e. The molecule has 3 nitrogen and oxygen atoms in total. The zero-order valence-electron chi connectivity index (χ0n) is 10.5. The fourth-order valence-corrected chi connectivity index (χ4v) is 2.52. The largest absolute Gasteiger partial charge is 0.464 e. The van der Waals surface area contributed by atoms with Gasteiger partial charge < -0.3 is 8.83 Å². The zero-order valence-corrected chi connectivity index (χ0v) is 10.5. The summed E-state index contributed by atoms with van der Waals surface area (Å²) >= 11 is 0. The van der Waals surface area contributed by atoms with Crippen LogP contribution in [0.3, 0.4) is 0 Å². The minimum atomic E-state index is -0.356. The lowest BCUT2D eigenvalue weighted by Gasteiger charge is -2.05. The van der Waals surface area contributed by atoms with Gasteiger partial charge in [-0.05, 0) is 29.3 Å². The number of hydrogen-bond acceptors (Lipinski definition) is 3. The number of hydrogen-bond donors (Lipinski definition) is 0. The van der Waals surface area contributed by atoms with Gasteiger partial charge in [0.25, 0.3) is 0 Å². The summed E-state index contributed by atoms with van der Waals surface area (Å²) in [7, 11) is 0. The number of fused-ring (bicyclic) bond motifs is 3. The molecular formula is C17H10O3. The molecule has 0 atom stereocenters. The van der Waals surface area contributed by atoms with Gasteiger partial charge in [0.05, 0.1) is 11.6 Å². The Labute approximate surface area is 114 Å². The SMILES string of the molecule is O=c1cc(-c2ccccc2)c2ccc3occc3c2o1. The Balaban J connectivity index is 2.19. The maximum Gasteiger partial charge on any atom is 0.336 e. The minimum absolute atomic E-state index is 0.356. The van der Waals surface area contributed by atoms with Crippen LogP contribution in [0.5, 0.6) is 0 Å². The van der Waals surface area contributed by atoms with Gasteiger partial charge in [0.1, 0.15) is 11.2 Å². The maximum atomic E-state index is 11.8. The zero-order chi connectivity index (χ0) is 13.5. The van der Waals surface area contributed by atoms with Gasteiger partial charge in [0, 0.05) is 11.5 Å². The standard InChI is InChI=1S/C17H10O3/c18-16-10-14(11-4-2-1-3-5-11)12-6-7-15-13(8-9-19-15)17(12)20-16/h1-10H. The molecule has 3 heteroatoms. The summed E-state index contributed by atoms with van der Waals surface area (Å²) in [6.07, 6.45) is 1.60. The van der Waals surface area contributed by atoms with Crippen molar-refractivity contribution in [1.82, 2.24) is 0 Å². The van der Waals surface area contributed by atoms with Crippen LogP contribution in [0.4, 0.5) is 0 Å². The summed E-state index contributed by atoms with van der Waals surface area (Å²) in [6, 6.07) is 17.0. The average Bonchev–Trinajstić information content (AvgIpc) is 2.96. The van der Waals surface area contributed by atoms with Crippen molar-refractivity contribution in [3.05, 3.63) is 71.3 Å². The molecule has 0 saturated carbocycles. The van der Waals surface area contributed by atoms with E-state index in [1.54, 1.807) is 6.26 Å². The second-order valence-corrected chi connectivity index (χ2v) is 4.62. The Morgan fingerprint density at radius 3 is 2.55 bits per heavy atom. The van der Waals surface area contributed by atoms with Gasteiger partial charge in [-0.1, -0.05) is 30.3 Å². The highest BCUT2D eigenvalue weighted by Crippen LogP contribution is 2.32. The second kappa shape index (κ2) is 4.10. The Morgan fingerprint density at radius 1 is 0.850 bits per heavy atom. The molecule has 0 amide bonds. The van der Waals surface area contributed by atoms with E-state index in [0.717, 1.165) is 21.9 Å². The second-order valence-electron chi connectivity index (χ2n) is 4.62. The maximum absolute atomic E-state index is 11.8. The van der Waals surface area contributed by atoms with Gasteiger partial charge in [-0.2, -0.15) is 0 Å². The lowest BCUT2D eigenvalue weighted by atomic mass is 10.0. The van der Waals surface area contributed by atoms with Gasteiger partial charge >= 0.3 is 5.63 Å². The third kappa shape index (κ3) is 1.57. The Bertz CT molecular complexity index is 962. The average molecular weight is 262 g/mol. The summed E-state index contributed by atoms with van der Waals surface area (Å²) in [4.78, 5) is 11.8. The summed E-state index contributed by atoms with van der Waals surface area (Å²) in [5.41, 5.74) is 2.80. The summed E-state index contributed by atoms with van der Waals surface area (Å²) in [6.45, 7) is 0. The van der Waals surface area contributed by atoms with Gasteiger partial charge in [-0.25, -0.2) is 4.79 Å². The van der Waals surface area contributed by atoms with E-state index >= 15 is 0 Å². The molecule has 2 aromatic carbocycles. The van der Waals surface area contributed by atoms with Crippen LogP contribution in [0.25, 0.3) is 33.1 Å². The van der Waals surface area contributed by atoms with Crippen LogP contribution < -0.4 is 5.63 Å². The van der Waals surface area contributed by atoms with E-state index in [2.05, 4.69) is 0 Å². The third-order valence-corrected chi connectivity index (χ3v) is 3.43. The first kappa shape index (κ1) is 11.1. The summed E-state index contributed by atoms with van der Waals surface area (Å²) in [5, 5.41) is 1.72. The highest BCUT2D eigenvalue weighted by Gasteiger charge is 2.11. The Hall–Kier alpha value is -2.81. The van der Waals surface area contributed by atoms with Crippen molar-refractivity contribution in [2.75, 3.05) is 0 Å². The number of benzene rings is 2. The van der Waals surface area contributed by atoms with Crippen LogP contribution in [0.15, 0.2) is 74.5 Å². The monoisotopic (exact) mass is 262 g/mol. The van der Waals surface area contributed by atoms with E-state index in [4.69, 9.17) is 8.83 Å². The van der Waals surface area contributed by atoms with Gasteiger partial charge in [0.2, 0.25) is 0 Å². The molecule has 20 heavy (non-hydrogen) atoms. The molecule has 4 rings (SSSR count). The van der Waals surface area contributed by atoms with Crippen molar-refractivity contribution >= 4 is 21.9 Å². The normalized spacial score (nSPS) is 11.2. The first-order valence-corrected chi connectivity index (χ1v) is 6.32. The fraction of sp³-hybridized carbons (Fsp3) is 0. The minimum Gasteiger partial charge on any atom is -0.464 e. The Kier molecular flexibility index (Phi) is 2.27. The van der Waals surface area contributed by atoms with Gasteiger partial charge in [-0.3, -0.25) is 0 Å².